The lowest BCUT2D eigenvalue weighted by Crippen LogP contribution is -2.33. The minimum absolute atomic E-state index is 0.470. The summed E-state index contributed by atoms with van der Waals surface area (Å²) >= 11 is 0. The lowest BCUT2D eigenvalue weighted by atomic mass is 10.3. The molecule has 1 aromatic carbocycles. The van der Waals surface area contributed by atoms with Gasteiger partial charge in [-0.2, -0.15) is 0 Å². The highest BCUT2D eigenvalue weighted by atomic mass is 16.5. The first-order chi connectivity index (χ1) is 10.8. The maximum Gasteiger partial charge on any atom is 0.188 e. The van der Waals surface area contributed by atoms with Crippen molar-refractivity contribution >= 4 is 5.96 Å². The molecule has 0 radical (unpaired) electrons. The first kappa shape index (κ1) is 18.1. The molecule has 0 spiro atoms. The average molecular weight is 309 g/mol. The van der Waals surface area contributed by atoms with Crippen LogP contribution in [0.15, 0.2) is 29.3 Å². The molecular weight excluding hydrogens is 282 g/mol. The zero-order valence-corrected chi connectivity index (χ0v) is 13.5. The number of rotatable bonds is 11. The van der Waals surface area contributed by atoms with Crippen LogP contribution in [0.5, 0.6) is 11.5 Å². The molecule has 6 heteroatoms. The van der Waals surface area contributed by atoms with E-state index >= 15 is 0 Å². The Morgan fingerprint density at radius 3 is 2.82 bits per heavy atom. The Kier molecular flexibility index (Phi) is 9.61. The molecule has 0 unspecified atom stereocenters. The number of methoxy groups -OCH3 is 1. The minimum atomic E-state index is 0.470. The van der Waals surface area contributed by atoms with Gasteiger partial charge in [0.2, 0.25) is 0 Å². The van der Waals surface area contributed by atoms with Crippen molar-refractivity contribution in [3.63, 3.8) is 0 Å². The molecule has 0 aliphatic heterocycles. The zero-order valence-electron chi connectivity index (χ0n) is 13.5. The molecule has 1 rings (SSSR count). The quantitative estimate of drug-likeness (QED) is 0.370. The van der Waals surface area contributed by atoms with E-state index in [4.69, 9.17) is 19.9 Å². The largest absolute Gasteiger partial charge is 0.497 e. The summed E-state index contributed by atoms with van der Waals surface area (Å²) in [6.07, 6.45) is 1.72. The van der Waals surface area contributed by atoms with Crippen molar-refractivity contribution in [3.8, 4) is 11.5 Å². The number of nitrogens with two attached hydrogens (primary N) is 1. The Balaban J connectivity index is 2.09. The fraction of sp³-hybridized carbons (Fsp3) is 0.562. The van der Waals surface area contributed by atoms with Gasteiger partial charge in [-0.15, -0.1) is 0 Å². The molecule has 0 heterocycles. The van der Waals surface area contributed by atoms with E-state index in [1.165, 1.54) is 0 Å². The molecule has 0 saturated heterocycles. The van der Waals surface area contributed by atoms with Crippen molar-refractivity contribution in [2.24, 2.45) is 10.7 Å². The minimum Gasteiger partial charge on any atom is -0.497 e. The van der Waals surface area contributed by atoms with E-state index in [-0.39, 0.29) is 0 Å². The van der Waals surface area contributed by atoms with Gasteiger partial charge in [-0.1, -0.05) is 6.07 Å². The maximum atomic E-state index is 5.76. The van der Waals surface area contributed by atoms with Gasteiger partial charge in [0.25, 0.3) is 0 Å². The number of hydrogen-bond acceptors (Lipinski definition) is 4. The molecule has 0 aromatic heterocycles. The second-order valence-electron chi connectivity index (χ2n) is 4.63. The molecular formula is C16H27N3O3. The highest BCUT2D eigenvalue weighted by molar-refractivity contribution is 5.77. The van der Waals surface area contributed by atoms with Crippen molar-refractivity contribution < 1.29 is 14.2 Å². The molecule has 124 valence electrons. The van der Waals surface area contributed by atoms with Crippen LogP contribution in [0.1, 0.15) is 19.8 Å². The van der Waals surface area contributed by atoms with Gasteiger partial charge in [0, 0.05) is 38.8 Å². The van der Waals surface area contributed by atoms with Gasteiger partial charge in [0.05, 0.1) is 13.7 Å². The molecule has 6 nitrogen and oxygen atoms in total. The van der Waals surface area contributed by atoms with Gasteiger partial charge < -0.3 is 25.3 Å². The molecule has 0 aliphatic rings. The molecule has 0 amide bonds. The third-order valence-corrected chi connectivity index (χ3v) is 2.87. The molecule has 22 heavy (non-hydrogen) atoms. The number of benzene rings is 1. The average Bonchev–Trinajstić information content (AvgIpc) is 2.54. The SMILES string of the molecule is CCOCCCNC(N)=NCCCOc1cccc(OC)c1. The lowest BCUT2D eigenvalue weighted by Gasteiger charge is -2.07. The Bertz CT molecular complexity index is 438. The third-order valence-electron chi connectivity index (χ3n) is 2.87. The predicted octanol–water partition coefficient (Wildman–Crippen LogP) is 1.80. The number of guanidine groups is 1. The summed E-state index contributed by atoms with van der Waals surface area (Å²) in [5.74, 6) is 2.05. The number of hydrogen-bond donors (Lipinski definition) is 2. The normalized spacial score (nSPS) is 11.3. The van der Waals surface area contributed by atoms with Gasteiger partial charge >= 0.3 is 0 Å². The van der Waals surface area contributed by atoms with Crippen molar-refractivity contribution in [2.45, 2.75) is 19.8 Å². The van der Waals surface area contributed by atoms with E-state index in [1.54, 1.807) is 7.11 Å². The number of aliphatic imine (C=N–C) groups is 1. The summed E-state index contributed by atoms with van der Waals surface area (Å²) in [5, 5.41) is 3.06. The Morgan fingerprint density at radius 2 is 2.05 bits per heavy atom. The summed E-state index contributed by atoms with van der Waals surface area (Å²) in [5.41, 5.74) is 5.76. The summed E-state index contributed by atoms with van der Waals surface area (Å²) in [6.45, 7) is 5.47. The van der Waals surface area contributed by atoms with Crippen molar-refractivity contribution in [2.75, 3.05) is 40.0 Å². The van der Waals surface area contributed by atoms with Crippen LogP contribution in [0, 0.1) is 0 Å². The van der Waals surface area contributed by atoms with Crippen molar-refractivity contribution in [3.05, 3.63) is 24.3 Å². The summed E-state index contributed by atoms with van der Waals surface area (Å²) in [4.78, 5) is 4.24. The van der Waals surface area contributed by atoms with Gasteiger partial charge in [-0.3, -0.25) is 4.99 Å². The first-order valence-electron chi connectivity index (χ1n) is 7.64. The standard InChI is InChI=1S/C16H27N3O3/c1-3-21-11-5-9-18-16(17)19-10-6-12-22-15-8-4-7-14(13-15)20-2/h4,7-8,13H,3,5-6,9-12H2,1-2H3,(H3,17,18,19). The molecule has 3 N–H and O–H groups in total. The van der Waals surface area contributed by atoms with Crippen LogP contribution in [0.2, 0.25) is 0 Å². The summed E-state index contributed by atoms with van der Waals surface area (Å²) in [6, 6.07) is 7.54. The highest BCUT2D eigenvalue weighted by Crippen LogP contribution is 2.18. The van der Waals surface area contributed by atoms with Crippen LogP contribution in [0.25, 0.3) is 0 Å². The Labute approximate surface area is 132 Å². The van der Waals surface area contributed by atoms with E-state index in [0.717, 1.165) is 44.1 Å². The molecule has 0 aliphatic carbocycles. The van der Waals surface area contributed by atoms with Gasteiger partial charge in [0.1, 0.15) is 11.5 Å². The lowest BCUT2D eigenvalue weighted by molar-refractivity contribution is 0.145. The van der Waals surface area contributed by atoms with E-state index in [2.05, 4.69) is 10.3 Å². The maximum absolute atomic E-state index is 5.76. The van der Waals surface area contributed by atoms with E-state index in [0.29, 0.717) is 19.1 Å². The molecule has 0 bridgehead atoms. The van der Waals surface area contributed by atoms with E-state index in [9.17, 15) is 0 Å². The third kappa shape index (κ3) is 8.36. The van der Waals surface area contributed by atoms with E-state index in [1.807, 2.05) is 31.2 Å². The monoisotopic (exact) mass is 309 g/mol. The van der Waals surface area contributed by atoms with Crippen LogP contribution >= 0.6 is 0 Å². The van der Waals surface area contributed by atoms with Crippen molar-refractivity contribution in [1.82, 2.24) is 5.32 Å². The second-order valence-corrected chi connectivity index (χ2v) is 4.63. The highest BCUT2D eigenvalue weighted by Gasteiger charge is 1.97. The topological polar surface area (TPSA) is 78.1 Å². The molecule has 1 aromatic rings. The van der Waals surface area contributed by atoms with Crippen LogP contribution in [0.3, 0.4) is 0 Å². The first-order valence-corrected chi connectivity index (χ1v) is 7.64. The van der Waals surface area contributed by atoms with Crippen LogP contribution < -0.4 is 20.5 Å². The Hall–Kier alpha value is -1.95. The van der Waals surface area contributed by atoms with Gasteiger partial charge in [0.15, 0.2) is 5.96 Å². The summed E-state index contributed by atoms with van der Waals surface area (Å²) < 4.78 is 16.0. The molecule has 0 fully saturated rings. The van der Waals surface area contributed by atoms with Crippen LogP contribution in [-0.2, 0) is 4.74 Å². The fourth-order valence-electron chi connectivity index (χ4n) is 1.74. The van der Waals surface area contributed by atoms with Gasteiger partial charge in [-0.05, 0) is 25.5 Å². The smallest absolute Gasteiger partial charge is 0.188 e. The Morgan fingerprint density at radius 1 is 1.23 bits per heavy atom. The zero-order chi connectivity index (χ0) is 16.0. The number of nitrogens with one attached hydrogen (secondary N) is 1. The van der Waals surface area contributed by atoms with Crippen LogP contribution in [0.4, 0.5) is 0 Å². The number of ether oxygens (including phenoxy) is 3. The number of nitrogens with zero attached hydrogens (tertiary/aromatic N) is 1. The van der Waals surface area contributed by atoms with Crippen molar-refractivity contribution in [1.29, 1.82) is 0 Å². The van der Waals surface area contributed by atoms with E-state index < -0.39 is 0 Å². The second kappa shape index (κ2) is 11.7. The summed E-state index contributed by atoms with van der Waals surface area (Å²) in [7, 11) is 1.64. The fourth-order valence-corrected chi connectivity index (χ4v) is 1.74. The van der Waals surface area contributed by atoms with Crippen LogP contribution in [-0.4, -0.2) is 46.0 Å². The molecule has 0 saturated carbocycles. The molecule has 0 atom stereocenters. The predicted molar refractivity (Wildman–Crippen MR) is 88.7 cm³/mol. The van der Waals surface area contributed by atoms with Gasteiger partial charge in [-0.25, -0.2) is 0 Å².